The molecule has 1 heterocycles. The van der Waals surface area contributed by atoms with Gasteiger partial charge in [0, 0.05) is 18.9 Å². The third-order valence-electron chi connectivity index (χ3n) is 5.98. The molecule has 0 spiro atoms. The maximum absolute atomic E-state index is 13.1. The van der Waals surface area contributed by atoms with Crippen LogP contribution < -0.4 is 10.6 Å². The van der Waals surface area contributed by atoms with Gasteiger partial charge in [-0.3, -0.25) is 14.4 Å². The van der Waals surface area contributed by atoms with Crippen molar-refractivity contribution in [3.8, 4) is 0 Å². The molecule has 0 bridgehead atoms. The van der Waals surface area contributed by atoms with E-state index in [0.29, 0.717) is 25.7 Å². The van der Waals surface area contributed by atoms with Crippen molar-refractivity contribution in [1.29, 1.82) is 0 Å². The van der Waals surface area contributed by atoms with Gasteiger partial charge in [-0.1, -0.05) is 55.3 Å². The van der Waals surface area contributed by atoms with Gasteiger partial charge in [0.2, 0.25) is 11.8 Å². The largest absolute Gasteiger partial charge is 0.463 e. The molecule has 168 valence electrons. The summed E-state index contributed by atoms with van der Waals surface area (Å²) in [6, 6.07) is 9.73. The Morgan fingerprint density at radius 1 is 1.06 bits per heavy atom. The van der Waals surface area contributed by atoms with E-state index in [4.69, 9.17) is 4.74 Å². The zero-order valence-corrected chi connectivity index (χ0v) is 18.2. The van der Waals surface area contributed by atoms with Crippen LogP contribution in [0.5, 0.6) is 0 Å². The highest BCUT2D eigenvalue weighted by atomic mass is 16.5. The molecule has 2 N–H and O–H groups in total. The Bertz CT molecular complexity index is 756. The summed E-state index contributed by atoms with van der Waals surface area (Å²) in [6.07, 6.45) is 11.4. The third kappa shape index (κ3) is 8.19. The lowest BCUT2D eigenvalue weighted by atomic mass is 9.97. The van der Waals surface area contributed by atoms with Crippen LogP contribution in [0.25, 0.3) is 0 Å². The molecule has 0 unspecified atom stereocenters. The molecule has 6 nitrogen and oxygen atoms in total. The fourth-order valence-corrected chi connectivity index (χ4v) is 4.24. The Labute approximate surface area is 184 Å². The number of esters is 1. The molecule has 0 radical (unpaired) electrons. The number of hydrogen-bond acceptors (Lipinski definition) is 4. The molecule has 1 aromatic carbocycles. The molecule has 6 heteroatoms. The smallest absolute Gasteiger partial charge is 0.305 e. The van der Waals surface area contributed by atoms with E-state index in [1.807, 2.05) is 42.5 Å². The lowest BCUT2D eigenvalue weighted by Gasteiger charge is -2.23. The van der Waals surface area contributed by atoms with Gasteiger partial charge in [0.05, 0.1) is 12.0 Å². The van der Waals surface area contributed by atoms with E-state index in [0.717, 1.165) is 37.7 Å². The first kappa shape index (κ1) is 23.0. The van der Waals surface area contributed by atoms with E-state index in [1.54, 1.807) is 0 Å². The zero-order chi connectivity index (χ0) is 21.9. The van der Waals surface area contributed by atoms with Crippen LogP contribution in [0.15, 0.2) is 42.5 Å². The van der Waals surface area contributed by atoms with Crippen LogP contribution in [0, 0.1) is 5.92 Å². The average Bonchev–Trinajstić information content (AvgIpc) is 3.26. The molecular weight excluding hydrogens is 392 g/mol. The van der Waals surface area contributed by atoms with E-state index in [9.17, 15) is 14.4 Å². The molecule has 0 saturated heterocycles. The molecule has 1 aliphatic carbocycles. The van der Waals surface area contributed by atoms with Crippen molar-refractivity contribution in [2.75, 3.05) is 6.61 Å². The van der Waals surface area contributed by atoms with Crippen molar-refractivity contribution < 1.29 is 19.1 Å². The van der Waals surface area contributed by atoms with Crippen molar-refractivity contribution >= 4 is 17.8 Å². The number of rotatable bonds is 5. The van der Waals surface area contributed by atoms with Crippen molar-refractivity contribution in [3.63, 3.8) is 0 Å². The molecule has 1 aliphatic heterocycles. The molecule has 31 heavy (non-hydrogen) atoms. The van der Waals surface area contributed by atoms with Gasteiger partial charge in [-0.05, 0) is 44.1 Å². The zero-order valence-electron chi connectivity index (χ0n) is 18.2. The summed E-state index contributed by atoms with van der Waals surface area (Å²) < 4.78 is 5.44. The Morgan fingerprint density at radius 3 is 2.61 bits per heavy atom. The first-order chi connectivity index (χ1) is 15.1. The number of carbonyl (C=O) groups excluding carboxylic acids is 3. The molecule has 2 atom stereocenters. The van der Waals surface area contributed by atoms with Crippen LogP contribution in [0.2, 0.25) is 0 Å². The minimum Gasteiger partial charge on any atom is -0.463 e. The van der Waals surface area contributed by atoms with Gasteiger partial charge in [-0.2, -0.15) is 0 Å². The first-order valence-corrected chi connectivity index (χ1v) is 11.5. The SMILES string of the molecule is O=C(C[C@H]1C/C=C\CCCC(=O)OC[C@@H](Cc2ccccc2)NC1=O)NC1CCCC1. The van der Waals surface area contributed by atoms with Gasteiger partial charge in [-0.25, -0.2) is 0 Å². The standard InChI is InChI=1S/C25H34N2O4/c28-23(26-21-13-8-9-14-21)17-20-12-6-1-2-7-15-24(29)31-18-22(27-25(20)30)16-19-10-4-3-5-11-19/h1,3-6,10-11,20-22H,2,7-9,12-18H2,(H,26,28)(H,27,30)/b6-1-/t20-,22-/m1/s1. The quantitative estimate of drug-likeness (QED) is 0.558. The Morgan fingerprint density at radius 2 is 1.84 bits per heavy atom. The molecule has 0 aromatic heterocycles. The number of allylic oxidation sites excluding steroid dienone is 2. The number of carbonyl (C=O) groups is 3. The Kier molecular flexibility index (Phi) is 9.13. The normalized spacial score (nSPS) is 24.8. The van der Waals surface area contributed by atoms with E-state index in [2.05, 4.69) is 10.6 Å². The summed E-state index contributed by atoms with van der Waals surface area (Å²) in [4.78, 5) is 37.7. The summed E-state index contributed by atoms with van der Waals surface area (Å²) >= 11 is 0. The van der Waals surface area contributed by atoms with Crippen LogP contribution in [0.1, 0.15) is 63.4 Å². The number of hydrogen-bond donors (Lipinski definition) is 2. The summed E-state index contributed by atoms with van der Waals surface area (Å²) in [5.74, 6) is -0.905. The van der Waals surface area contributed by atoms with Gasteiger partial charge in [0.1, 0.15) is 6.61 Å². The van der Waals surface area contributed by atoms with Gasteiger partial charge >= 0.3 is 5.97 Å². The molecule has 3 rings (SSSR count). The lowest BCUT2D eigenvalue weighted by molar-refractivity contribution is -0.145. The summed E-state index contributed by atoms with van der Waals surface area (Å²) in [6.45, 7) is 0.133. The predicted octanol–water partition coefficient (Wildman–Crippen LogP) is 3.45. The van der Waals surface area contributed by atoms with E-state index in [1.165, 1.54) is 0 Å². The number of nitrogens with one attached hydrogen (secondary N) is 2. The third-order valence-corrected chi connectivity index (χ3v) is 5.98. The van der Waals surface area contributed by atoms with Gasteiger partial charge in [0.25, 0.3) is 0 Å². The first-order valence-electron chi connectivity index (χ1n) is 11.5. The number of ether oxygens (including phenoxy) is 1. The highest BCUT2D eigenvalue weighted by Crippen LogP contribution is 2.19. The Balaban J connectivity index is 1.67. The highest BCUT2D eigenvalue weighted by molar-refractivity contribution is 5.86. The van der Waals surface area contributed by atoms with Crippen molar-refractivity contribution in [2.24, 2.45) is 5.92 Å². The molecule has 1 fully saturated rings. The van der Waals surface area contributed by atoms with Gasteiger partial charge in [-0.15, -0.1) is 0 Å². The van der Waals surface area contributed by atoms with Crippen molar-refractivity contribution in [1.82, 2.24) is 10.6 Å². The van der Waals surface area contributed by atoms with Crippen LogP contribution in [-0.2, 0) is 25.5 Å². The minimum absolute atomic E-state index is 0.0594. The van der Waals surface area contributed by atoms with Crippen LogP contribution >= 0.6 is 0 Å². The number of cyclic esters (lactones) is 1. The highest BCUT2D eigenvalue weighted by Gasteiger charge is 2.26. The van der Waals surface area contributed by atoms with Crippen LogP contribution in [-0.4, -0.2) is 36.5 Å². The van der Waals surface area contributed by atoms with Crippen LogP contribution in [0.3, 0.4) is 0 Å². The fourth-order valence-electron chi connectivity index (χ4n) is 4.24. The number of amides is 2. The van der Waals surface area contributed by atoms with Gasteiger partial charge in [0.15, 0.2) is 0 Å². The minimum atomic E-state index is -0.438. The van der Waals surface area contributed by atoms with E-state index in [-0.39, 0.29) is 42.9 Å². The maximum atomic E-state index is 13.1. The lowest BCUT2D eigenvalue weighted by Crippen LogP contribution is -2.44. The van der Waals surface area contributed by atoms with Crippen molar-refractivity contribution in [3.05, 3.63) is 48.0 Å². The Hall–Kier alpha value is -2.63. The molecular formula is C25H34N2O4. The summed E-state index contributed by atoms with van der Waals surface area (Å²) in [5.41, 5.74) is 1.06. The molecule has 2 amide bonds. The molecule has 1 aromatic rings. The molecule has 1 saturated carbocycles. The van der Waals surface area contributed by atoms with E-state index < -0.39 is 5.92 Å². The summed E-state index contributed by atoms with van der Waals surface area (Å²) in [7, 11) is 0. The monoisotopic (exact) mass is 426 g/mol. The topological polar surface area (TPSA) is 84.5 Å². The maximum Gasteiger partial charge on any atom is 0.305 e. The fraction of sp³-hybridized carbons (Fsp3) is 0.560. The van der Waals surface area contributed by atoms with Crippen LogP contribution in [0.4, 0.5) is 0 Å². The average molecular weight is 427 g/mol. The second-order valence-corrected chi connectivity index (χ2v) is 8.63. The van der Waals surface area contributed by atoms with Gasteiger partial charge < -0.3 is 15.4 Å². The van der Waals surface area contributed by atoms with E-state index >= 15 is 0 Å². The predicted molar refractivity (Wildman–Crippen MR) is 119 cm³/mol. The number of benzene rings is 1. The second-order valence-electron chi connectivity index (χ2n) is 8.63. The second kappa shape index (κ2) is 12.3. The van der Waals surface area contributed by atoms with Crippen molar-refractivity contribution in [2.45, 2.75) is 76.3 Å². The molecule has 2 aliphatic rings. The summed E-state index contributed by atoms with van der Waals surface area (Å²) in [5, 5.41) is 6.13.